The lowest BCUT2D eigenvalue weighted by molar-refractivity contribution is 0.102. The van der Waals surface area contributed by atoms with E-state index in [9.17, 15) is 4.79 Å². The SMILES string of the molecule is O=C(Nc1cccnc1)c1cc(Cl)nc2ccc(-c3ccccc3)cc12. The van der Waals surface area contributed by atoms with Gasteiger partial charge in [0.2, 0.25) is 0 Å². The van der Waals surface area contributed by atoms with Gasteiger partial charge in [-0.15, -0.1) is 0 Å². The molecule has 0 aliphatic carbocycles. The first-order valence-corrected chi connectivity index (χ1v) is 8.45. The Bertz CT molecular complexity index is 1080. The van der Waals surface area contributed by atoms with E-state index in [1.807, 2.05) is 48.5 Å². The standard InChI is InChI=1S/C21H14ClN3O/c22-20-12-18(21(26)24-16-7-4-10-23-13-16)17-11-15(8-9-19(17)25-20)14-5-2-1-3-6-14/h1-13H,(H,24,26). The topological polar surface area (TPSA) is 54.9 Å². The van der Waals surface area contributed by atoms with Gasteiger partial charge in [0.05, 0.1) is 23.0 Å². The lowest BCUT2D eigenvalue weighted by atomic mass is 10.0. The number of nitrogens with one attached hydrogen (secondary N) is 1. The van der Waals surface area contributed by atoms with Crippen LogP contribution in [-0.4, -0.2) is 15.9 Å². The maximum Gasteiger partial charge on any atom is 0.256 e. The molecule has 0 aliphatic heterocycles. The summed E-state index contributed by atoms with van der Waals surface area (Å²) in [6.07, 6.45) is 3.25. The number of hydrogen-bond acceptors (Lipinski definition) is 3. The molecule has 0 aliphatic rings. The first kappa shape index (κ1) is 16.2. The zero-order chi connectivity index (χ0) is 17.9. The number of carbonyl (C=O) groups excluding carboxylic acids is 1. The highest BCUT2D eigenvalue weighted by Gasteiger charge is 2.14. The minimum atomic E-state index is -0.252. The number of benzene rings is 2. The van der Waals surface area contributed by atoms with Crippen molar-refractivity contribution in [3.63, 3.8) is 0 Å². The monoisotopic (exact) mass is 359 g/mol. The summed E-state index contributed by atoms with van der Waals surface area (Å²) < 4.78 is 0. The van der Waals surface area contributed by atoms with Crippen molar-refractivity contribution in [1.82, 2.24) is 9.97 Å². The lowest BCUT2D eigenvalue weighted by Gasteiger charge is -2.10. The summed E-state index contributed by atoms with van der Waals surface area (Å²) in [5.41, 5.74) is 3.86. The van der Waals surface area contributed by atoms with E-state index in [1.54, 1.807) is 30.6 Å². The van der Waals surface area contributed by atoms with E-state index >= 15 is 0 Å². The van der Waals surface area contributed by atoms with Gasteiger partial charge in [-0.1, -0.05) is 48.0 Å². The third-order valence-electron chi connectivity index (χ3n) is 4.05. The van der Waals surface area contributed by atoms with Gasteiger partial charge in [-0.2, -0.15) is 0 Å². The molecule has 0 spiro atoms. The number of pyridine rings is 2. The molecule has 4 rings (SSSR count). The second kappa shape index (κ2) is 6.94. The minimum absolute atomic E-state index is 0.252. The molecule has 1 N–H and O–H groups in total. The molecule has 0 unspecified atom stereocenters. The van der Waals surface area contributed by atoms with E-state index in [-0.39, 0.29) is 11.1 Å². The summed E-state index contributed by atoms with van der Waals surface area (Å²) >= 11 is 6.12. The molecule has 1 amide bonds. The maximum atomic E-state index is 12.8. The number of rotatable bonds is 3. The number of amides is 1. The van der Waals surface area contributed by atoms with Crippen LogP contribution in [0.3, 0.4) is 0 Å². The van der Waals surface area contributed by atoms with Gasteiger partial charge in [-0.25, -0.2) is 4.98 Å². The first-order chi connectivity index (χ1) is 12.7. The van der Waals surface area contributed by atoms with Crippen LogP contribution in [0.1, 0.15) is 10.4 Å². The largest absolute Gasteiger partial charge is 0.321 e. The molecular formula is C21H14ClN3O. The summed E-state index contributed by atoms with van der Waals surface area (Å²) in [4.78, 5) is 21.1. The molecule has 126 valence electrons. The Morgan fingerprint density at radius 2 is 1.77 bits per heavy atom. The average molecular weight is 360 g/mol. The highest BCUT2D eigenvalue weighted by atomic mass is 35.5. The summed E-state index contributed by atoms with van der Waals surface area (Å²) in [6, 6.07) is 20.9. The average Bonchev–Trinajstić information content (AvgIpc) is 2.68. The van der Waals surface area contributed by atoms with Gasteiger partial charge >= 0.3 is 0 Å². The van der Waals surface area contributed by atoms with Crippen LogP contribution >= 0.6 is 11.6 Å². The number of nitrogens with zero attached hydrogens (tertiary/aromatic N) is 2. The van der Waals surface area contributed by atoms with Crippen molar-refractivity contribution in [3.05, 3.63) is 89.8 Å². The van der Waals surface area contributed by atoms with E-state index in [1.165, 1.54) is 0 Å². The highest BCUT2D eigenvalue weighted by molar-refractivity contribution is 6.30. The van der Waals surface area contributed by atoms with Crippen molar-refractivity contribution < 1.29 is 4.79 Å². The van der Waals surface area contributed by atoms with Crippen LogP contribution in [0.5, 0.6) is 0 Å². The van der Waals surface area contributed by atoms with Crippen molar-refractivity contribution in [2.45, 2.75) is 0 Å². The summed E-state index contributed by atoms with van der Waals surface area (Å²) in [6.45, 7) is 0. The van der Waals surface area contributed by atoms with Crippen molar-refractivity contribution in [2.75, 3.05) is 5.32 Å². The Morgan fingerprint density at radius 3 is 2.54 bits per heavy atom. The highest BCUT2D eigenvalue weighted by Crippen LogP contribution is 2.28. The Balaban J connectivity index is 1.81. The Hall–Kier alpha value is -3.24. The molecule has 4 nitrogen and oxygen atoms in total. The van der Waals surface area contributed by atoms with Crippen molar-refractivity contribution >= 4 is 34.1 Å². The van der Waals surface area contributed by atoms with Crippen LogP contribution in [-0.2, 0) is 0 Å². The van der Waals surface area contributed by atoms with Gasteiger partial charge in [-0.05, 0) is 41.5 Å². The van der Waals surface area contributed by atoms with E-state index in [0.717, 1.165) is 16.5 Å². The van der Waals surface area contributed by atoms with E-state index in [0.29, 0.717) is 16.8 Å². The van der Waals surface area contributed by atoms with Crippen LogP contribution in [0.4, 0.5) is 5.69 Å². The molecule has 0 saturated heterocycles. The quantitative estimate of drug-likeness (QED) is 0.511. The minimum Gasteiger partial charge on any atom is -0.321 e. The number of halogens is 1. The predicted molar refractivity (Wildman–Crippen MR) is 104 cm³/mol. The smallest absolute Gasteiger partial charge is 0.256 e. The van der Waals surface area contributed by atoms with Crippen molar-refractivity contribution in [2.24, 2.45) is 0 Å². The summed E-state index contributed by atoms with van der Waals surface area (Å²) in [7, 11) is 0. The Kier molecular flexibility index (Phi) is 4.33. The van der Waals surface area contributed by atoms with E-state index in [4.69, 9.17) is 11.6 Å². The van der Waals surface area contributed by atoms with Gasteiger partial charge in [0.1, 0.15) is 5.15 Å². The number of carbonyl (C=O) groups is 1. The molecule has 0 bridgehead atoms. The number of anilines is 1. The molecule has 2 heterocycles. The van der Waals surface area contributed by atoms with Crippen molar-refractivity contribution in [3.8, 4) is 11.1 Å². The van der Waals surface area contributed by atoms with Crippen LogP contribution < -0.4 is 5.32 Å². The molecule has 4 aromatic rings. The molecule has 0 fully saturated rings. The van der Waals surface area contributed by atoms with Gasteiger partial charge in [0.15, 0.2) is 0 Å². The lowest BCUT2D eigenvalue weighted by Crippen LogP contribution is -2.13. The number of hydrogen-bond donors (Lipinski definition) is 1. The second-order valence-corrected chi connectivity index (χ2v) is 6.17. The first-order valence-electron chi connectivity index (χ1n) is 8.08. The summed E-state index contributed by atoms with van der Waals surface area (Å²) in [5.74, 6) is -0.252. The molecule has 26 heavy (non-hydrogen) atoms. The molecule has 0 radical (unpaired) electrons. The van der Waals surface area contributed by atoms with Gasteiger partial charge < -0.3 is 5.32 Å². The predicted octanol–water partition coefficient (Wildman–Crippen LogP) is 5.20. The third-order valence-corrected chi connectivity index (χ3v) is 4.24. The van der Waals surface area contributed by atoms with Gasteiger partial charge in [-0.3, -0.25) is 9.78 Å². The van der Waals surface area contributed by atoms with Crippen LogP contribution in [0, 0.1) is 0 Å². The molecule has 2 aromatic carbocycles. The zero-order valence-corrected chi connectivity index (χ0v) is 14.4. The molecule has 0 saturated carbocycles. The van der Waals surface area contributed by atoms with Gasteiger partial charge in [0, 0.05) is 11.6 Å². The second-order valence-electron chi connectivity index (χ2n) is 5.79. The van der Waals surface area contributed by atoms with Crippen LogP contribution in [0.2, 0.25) is 5.15 Å². The van der Waals surface area contributed by atoms with E-state index < -0.39 is 0 Å². The summed E-state index contributed by atoms with van der Waals surface area (Å²) in [5, 5.41) is 3.88. The number of fused-ring (bicyclic) bond motifs is 1. The molecule has 0 atom stereocenters. The molecule has 5 heteroatoms. The number of aromatic nitrogens is 2. The molecule has 2 aromatic heterocycles. The fourth-order valence-electron chi connectivity index (χ4n) is 2.83. The fourth-order valence-corrected chi connectivity index (χ4v) is 3.03. The Labute approximate surface area is 155 Å². The zero-order valence-electron chi connectivity index (χ0n) is 13.7. The maximum absolute atomic E-state index is 12.8. The van der Waals surface area contributed by atoms with Crippen molar-refractivity contribution in [1.29, 1.82) is 0 Å². The van der Waals surface area contributed by atoms with Crippen LogP contribution in [0.15, 0.2) is 79.1 Å². The fraction of sp³-hybridized carbons (Fsp3) is 0. The third kappa shape index (κ3) is 3.27. The normalized spacial score (nSPS) is 10.7. The van der Waals surface area contributed by atoms with E-state index in [2.05, 4.69) is 15.3 Å². The Morgan fingerprint density at radius 1 is 0.923 bits per heavy atom. The van der Waals surface area contributed by atoms with Crippen LogP contribution in [0.25, 0.3) is 22.0 Å². The van der Waals surface area contributed by atoms with Gasteiger partial charge in [0.25, 0.3) is 5.91 Å². The molecular weight excluding hydrogens is 346 g/mol.